The van der Waals surface area contributed by atoms with E-state index in [0.717, 1.165) is 25.9 Å². The van der Waals surface area contributed by atoms with Crippen molar-refractivity contribution in [1.82, 2.24) is 5.32 Å². The van der Waals surface area contributed by atoms with Crippen molar-refractivity contribution in [3.8, 4) is 0 Å². The number of hydrogen-bond acceptors (Lipinski definition) is 3. The minimum atomic E-state index is -0.436. The summed E-state index contributed by atoms with van der Waals surface area (Å²) in [6, 6.07) is 2.13. The highest BCUT2D eigenvalue weighted by atomic mass is 32.1. The van der Waals surface area contributed by atoms with Gasteiger partial charge in [0.15, 0.2) is 0 Å². The Morgan fingerprint density at radius 3 is 2.80 bits per heavy atom. The van der Waals surface area contributed by atoms with Crippen molar-refractivity contribution >= 4 is 11.3 Å². The summed E-state index contributed by atoms with van der Waals surface area (Å²) in [6.07, 6.45) is 5.56. The summed E-state index contributed by atoms with van der Waals surface area (Å²) >= 11 is 1.72. The van der Waals surface area contributed by atoms with Crippen LogP contribution in [-0.4, -0.2) is 17.3 Å². The lowest BCUT2D eigenvalue weighted by Crippen LogP contribution is -2.41. The van der Waals surface area contributed by atoms with Crippen molar-refractivity contribution in [3.05, 3.63) is 22.4 Å². The fourth-order valence-corrected chi connectivity index (χ4v) is 2.89. The second-order valence-electron chi connectivity index (χ2n) is 4.52. The monoisotopic (exact) mass is 225 g/mol. The molecule has 3 heteroatoms. The highest BCUT2D eigenvalue weighted by Gasteiger charge is 2.28. The molecule has 84 valence electrons. The quantitative estimate of drug-likeness (QED) is 0.825. The van der Waals surface area contributed by atoms with Gasteiger partial charge in [-0.05, 0) is 35.2 Å². The van der Waals surface area contributed by atoms with Crippen LogP contribution in [0.25, 0.3) is 0 Å². The van der Waals surface area contributed by atoms with Gasteiger partial charge in [-0.1, -0.05) is 19.3 Å². The molecule has 1 saturated carbocycles. The van der Waals surface area contributed by atoms with E-state index in [1.807, 2.05) is 0 Å². The zero-order valence-corrected chi connectivity index (χ0v) is 9.85. The topological polar surface area (TPSA) is 32.3 Å². The van der Waals surface area contributed by atoms with Gasteiger partial charge in [-0.2, -0.15) is 11.3 Å². The lowest BCUT2D eigenvalue weighted by molar-refractivity contribution is 0.00468. The Labute approximate surface area is 95.3 Å². The van der Waals surface area contributed by atoms with Crippen molar-refractivity contribution in [3.63, 3.8) is 0 Å². The zero-order chi connectivity index (χ0) is 10.6. The van der Waals surface area contributed by atoms with Crippen LogP contribution in [0.4, 0.5) is 0 Å². The summed E-state index contributed by atoms with van der Waals surface area (Å²) < 4.78 is 0. The average molecular weight is 225 g/mol. The van der Waals surface area contributed by atoms with Crippen molar-refractivity contribution in [1.29, 1.82) is 0 Å². The van der Waals surface area contributed by atoms with Crippen LogP contribution in [0.3, 0.4) is 0 Å². The predicted octanol–water partition coefficient (Wildman–Crippen LogP) is 2.53. The Hall–Kier alpha value is -0.380. The van der Waals surface area contributed by atoms with Gasteiger partial charge in [0, 0.05) is 13.1 Å². The van der Waals surface area contributed by atoms with E-state index in [1.165, 1.54) is 24.8 Å². The van der Waals surface area contributed by atoms with Crippen LogP contribution in [-0.2, 0) is 6.54 Å². The molecule has 0 unspecified atom stereocenters. The zero-order valence-electron chi connectivity index (χ0n) is 9.04. The Balaban J connectivity index is 1.72. The molecule has 1 aromatic rings. The molecule has 2 nitrogen and oxygen atoms in total. The van der Waals surface area contributed by atoms with E-state index in [2.05, 4.69) is 22.1 Å². The number of rotatable bonds is 4. The number of aliphatic hydroxyl groups is 1. The van der Waals surface area contributed by atoms with Crippen LogP contribution in [0.1, 0.15) is 37.7 Å². The van der Waals surface area contributed by atoms with Gasteiger partial charge in [-0.3, -0.25) is 0 Å². The average Bonchev–Trinajstić information content (AvgIpc) is 2.71. The molecule has 0 aromatic carbocycles. The molecule has 2 N–H and O–H groups in total. The molecular formula is C12H19NOS. The van der Waals surface area contributed by atoms with Gasteiger partial charge in [-0.15, -0.1) is 0 Å². The van der Waals surface area contributed by atoms with E-state index in [4.69, 9.17) is 0 Å². The Morgan fingerprint density at radius 1 is 1.33 bits per heavy atom. The third-order valence-corrected chi connectivity index (χ3v) is 3.88. The molecular weight excluding hydrogens is 206 g/mol. The Bertz CT molecular complexity index is 278. The molecule has 0 spiro atoms. The fourth-order valence-electron chi connectivity index (χ4n) is 2.22. The first kappa shape index (κ1) is 11.1. The van der Waals surface area contributed by atoms with Crippen LogP contribution in [0.2, 0.25) is 0 Å². The highest BCUT2D eigenvalue weighted by Crippen LogP contribution is 2.27. The summed E-state index contributed by atoms with van der Waals surface area (Å²) in [7, 11) is 0. The first-order valence-corrected chi connectivity index (χ1v) is 6.67. The molecule has 0 radical (unpaired) electrons. The molecule has 0 amide bonds. The molecule has 0 saturated heterocycles. The molecule has 1 heterocycles. The van der Waals surface area contributed by atoms with E-state index < -0.39 is 5.60 Å². The van der Waals surface area contributed by atoms with Crippen molar-refractivity contribution in [2.24, 2.45) is 0 Å². The highest BCUT2D eigenvalue weighted by molar-refractivity contribution is 7.07. The van der Waals surface area contributed by atoms with Crippen molar-refractivity contribution in [2.75, 3.05) is 6.54 Å². The first-order valence-electron chi connectivity index (χ1n) is 5.73. The molecule has 1 fully saturated rings. The van der Waals surface area contributed by atoms with Crippen LogP contribution in [0.15, 0.2) is 16.8 Å². The van der Waals surface area contributed by atoms with Crippen molar-refractivity contribution < 1.29 is 5.11 Å². The third kappa shape index (κ3) is 3.30. The van der Waals surface area contributed by atoms with E-state index in [9.17, 15) is 5.11 Å². The van der Waals surface area contributed by atoms with Crippen LogP contribution in [0, 0.1) is 0 Å². The summed E-state index contributed by atoms with van der Waals surface area (Å²) in [5.41, 5.74) is 0.883. The standard InChI is InChI=1S/C12H19NOS/c14-12(5-2-1-3-6-12)10-13-8-11-4-7-15-9-11/h4,7,9,13-14H,1-3,5-6,8,10H2. The van der Waals surface area contributed by atoms with Gasteiger partial charge in [-0.25, -0.2) is 0 Å². The van der Waals surface area contributed by atoms with E-state index in [1.54, 1.807) is 11.3 Å². The molecule has 0 bridgehead atoms. The molecule has 1 aliphatic carbocycles. The Morgan fingerprint density at radius 2 is 2.13 bits per heavy atom. The molecule has 1 aromatic heterocycles. The summed E-state index contributed by atoms with van der Waals surface area (Å²) in [5, 5.41) is 17.8. The van der Waals surface area contributed by atoms with Gasteiger partial charge < -0.3 is 10.4 Å². The van der Waals surface area contributed by atoms with E-state index in [0.29, 0.717) is 0 Å². The van der Waals surface area contributed by atoms with Crippen LogP contribution in [0.5, 0.6) is 0 Å². The maximum absolute atomic E-state index is 10.2. The number of hydrogen-bond donors (Lipinski definition) is 2. The SMILES string of the molecule is OC1(CNCc2ccsc2)CCCCC1. The summed E-state index contributed by atoms with van der Waals surface area (Å²) in [4.78, 5) is 0. The Kier molecular flexibility index (Phi) is 3.78. The molecule has 0 atom stereocenters. The maximum Gasteiger partial charge on any atom is 0.0771 e. The van der Waals surface area contributed by atoms with Gasteiger partial charge in [0.1, 0.15) is 0 Å². The molecule has 2 rings (SSSR count). The largest absolute Gasteiger partial charge is 0.389 e. The minimum Gasteiger partial charge on any atom is -0.389 e. The number of nitrogens with one attached hydrogen (secondary N) is 1. The second-order valence-corrected chi connectivity index (χ2v) is 5.30. The first-order chi connectivity index (χ1) is 7.29. The summed E-state index contributed by atoms with van der Waals surface area (Å²) in [6.45, 7) is 1.62. The number of thiophene rings is 1. The van der Waals surface area contributed by atoms with E-state index in [-0.39, 0.29) is 0 Å². The van der Waals surface area contributed by atoms with Gasteiger partial charge >= 0.3 is 0 Å². The van der Waals surface area contributed by atoms with Crippen LogP contribution < -0.4 is 5.32 Å². The molecule has 15 heavy (non-hydrogen) atoms. The van der Waals surface area contributed by atoms with Gasteiger partial charge in [0.25, 0.3) is 0 Å². The summed E-state index contributed by atoms with van der Waals surface area (Å²) in [5.74, 6) is 0. The smallest absolute Gasteiger partial charge is 0.0771 e. The fraction of sp³-hybridized carbons (Fsp3) is 0.667. The normalized spacial score (nSPS) is 20.3. The maximum atomic E-state index is 10.2. The third-order valence-electron chi connectivity index (χ3n) is 3.15. The van der Waals surface area contributed by atoms with Gasteiger partial charge in [0.2, 0.25) is 0 Å². The van der Waals surface area contributed by atoms with E-state index >= 15 is 0 Å². The predicted molar refractivity (Wildman–Crippen MR) is 64.1 cm³/mol. The molecule has 1 aliphatic rings. The van der Waals surface area contributed by atoms with Gasteiger partial charge in [0.05, 0.1) is 5.60 Å². The lowest BCUT2D eigenvalue weighted by Gasteiger charge is -2.32. The second kappa shape index (κ2) is 5.10. The minimum absolute atomic E-state index is 0.436. The lowest BCUT2D eigenvalue weighted by atomic mass is 9.85. The van der Waals surface area contributed by atoms with Crippen LogP contribution >= 0.6 is 11.3 Å². The van der Waals surface area contributed by atoms with Crippen molar-refractivity contribution in [2.45, 2.75) is 44.2 Å². The molecule has 0 aliphatic heterocycles.